The number of ether oxygens (including phenoxy) is 2. The third kappa shape index (κ3) is 1.99. The van der Waals surface area contributed by atoms with E-state index in [0.29, 0.717) is 21.8 Å². The minimum absolute atomic E-state index is 0.191. The average molecular weight is 230 g/mol. The number of fused-ring (bicyclic) bond motifs is 1. The smallest absolute Gasteiger partial charge is 0.240 e. The molecule has 6 nitrogen and oxygen atoms in total. The van der Waals surface area contributed by atoms with Crippen molar-refractivity contribution in [3.8, 4) is 17.2 Å². The molecule has 0 aromatic heterocycles. The second kappa shape index (κ2) is 3.74. The molecule has 0 saturated heterocycles. The van der Waals surface area contributed by atoms with Gasteiger partial charge in [0.15, 0.2) is 17.2 Å². The molecule has 1 heterocycles. The van der Waals surface area contributed by atoms with Crippen LogP contribution in [0.5, 0.6) is 17.2 Å². The maximum Gasteiger partial charge on any atom is 0.240 e. The third-order valence-corrected chi connectivity index (χ3v) is 1.97. The summed E-state index contributed by atoms with van der Waals surface area (Å²) in [5.41, 5.74) is 5.09. The molecule has 3 N–H and O–H groups in total. The zero-order valence-electron chi connectivity index (χ0n) is 7.57. The van der Waals surface area contributed by atoms with E-state index in [1.165, 1.54) is 0 Å². The van der Waals surface area contributed by atoms with Crippen LogP contribution in [0.4, 0.5) is 0 Å². The van der Waals surface area contributed by atoms with E-state index in [4.69, 9.17) is 37.2 Å². The number of hydrogen-bond donors (Lipinski definition) is 2. The zero-order valence-corrected chi connectivity index (χ0v) is 8.32. The first kappa shape index (κ1) is 9.72. The number of rotatable bonds is 2. The van der Waals surface area contributed by atoms with Crippen LogP contribution in [0.15, 0.2) is 18.2 Å². The van der Waals surface area contributed by atoms with Gasteiger partial charge in [-0.2, -0.15) is 0 Å². The molecule has 2 rings (SSSR count). The number of nitrogens with two attached hydrogens (primary N) is 1. The molecule has 0 amide bonds. The Labute approximate surface area is 90.7 Å². The van der Waals surface area contributed by atoms with Gasteiger partial charge in [0, 0.05) is 6.07 Å². The largest absolute Gasteiger partial charge is 0.454 e. The predicted molar refractivity (Wildman–Crippen MR) is 52.8 cm³/mol. The van der Waals surface area contributed by atoms with Crippen LogP contribution < -0.4 is 20.0 Å². The Balaban J connectivity index is 2.13. The maximum atomic E-state index is 6.99. The highest BCUT2D eigenvalue weighted by Crippen LogP contribution is 2.35. The van der Waals surface area contributed by atoms with Crippen LogP contribution in [-0.4, -0.2) is 17.3 Å². The average Bonchev–Trinajstić information content (AvgIpc) is 2.64. The van der Waals surface area contributed by atoms with Gasteiger partial charge >= 0.3 is 0 Å². The first-order chi connectivity index (χ1) is 7.16. The van der Waals surface area contributed by atoms with Crippen LogP contribution in [0.3, 0.4) is 0 Å². The third-order valence-electron chi connectivity index (χ3n) is 1.72. The zero-order chi connectivity index (χ0) is 10.8. The van der Waals surface area contributed by atoms with Crippen molar-refractivity contribution in [2.24, 2.45) is 5.73 Å². The standard InChI is InChI=1S/C8H8ClN3O3/c9-12(8(10)11)15-5-1-2-6-7(3-5)14-4-13-6/h1-3H,4H2,(H3,10,11). The first-order valence-corrected chi connectivity index (χ1v) is 4.38. The lowest BCUT2D eigenvalue weighted by Gasteiger charge is -2.13. The molecule has 0 fully saturated rings. The molecule has 0 atom stereocenters. The molecule has 1 aromatic carbocycles. The molecule has 0 radical (unpaired) electrons. The van der Waals surface area contributed by atoms with Crippen molar-refractivity contribution in [1.29, 1.82) is 5.41 Å². The lowest BCUT2D eigenvalue weighted by atomic mass is 10.3. The van der Waals surface area contributed by atoms with Crippen LogP contribution >= 0.6 is 11.8 Å². The van der Waals surface area contributed by atoms with Crippen LogP contribution in [0, 0.1) is 5.41 Å². The molecule has 0 unspecified atom stereocenters. The summed E-state index contributed by atoms with van der Waals surface area (Å²) in [6, 6.07) is 4.91. The van der Waals surface area contributed by atoms with Crippen molar-refractivity contribution in [2.75, 3.05) is 6.79 Å². The minimum atomic E-state index is -0.408. The van der Waals surface area contributed by atoms with Crippen molar-refractivity contribution in [1.82, 2.24) is 4.58 Å². The Morgan fingerprint density at radius 1 is 1.47 bits per heavy atom. The van der Waals surface area contributed by atoms with Gasteiger partial charge in [0.1, 0.15) is 0 Å². The quantitative estimate of drug-likeness (QED) is 0.343. The fourth-order valence-corrected chi connectivity index (χ4v) is 1.16. The number of nitrogens with one attached hydrogen (secondary N) is 1. The van der Waals surface area contributed by atoms with E-state index in [-0.39, 0.29) is 6.79 Å². The van der Waals surface area contributed by atoms with Gasteiger partial charge in [0.25, 0.3) is 0 Å². The fourth-order valence-electron chi connectivity index (χ4n) is 1.08. The summed E-state index contributed by atoms with van der Waals surface area (Å²) < 4.78 is 10.9. The summed E-state index contributed by atoms with van der Waals surface area (Å²) in [4.78, 5) is 5.01. The van der Waals surface area contributed by atoms with E-state index in [2.05, 4.69) is 0 Å². The molecule has 1 aliphatic rings. The number of benzene rings is 1. The normalized spacial score (nSPS) is 12.3. The highest BCUT2D eigenvalue weighted by molar-refractivity contribution is 6.20. The minimum Gasteiger partial charge on any atom is -0.454 e. The Kier molecular flexibility index (Phi) is 2.42. The summed E-state index contributed by atoms with van der Waals surface area (Å²) in [5.74, 6) is 1.21. The van der Waals surface area contributed by atoms with Crippen LogP contribution in [0.1, 0.15) is 0 Å². The van der Waals surface area contributed by atoms with Gasteiger partial charge < -0.3 is 20.0 Å². The van der Waals surface area contributed by atoms with Crippen LogP contribution in [-0.2, 0) is 0 Å². The second-order valence-corrected chi connectivity index (χ2v) is 3.04. The number of hydroxylamine groups is 1. The molecule has 15 heavy (non-hydrogen) atoms. The van der Waals surface area contributed by atoms with Crippen molar-refractivity contribution >= 4 is 17.7 Å². The van der Waals surface area contributed by atoms with E-state index < -0.39 is 5.96 Å². The summed E-state index contributed by atoms with van der Waals surface area (Å²) >= 11 is 5.49. The predicted octanol–water partition coefficient (Wildman–Crippen LogP) is 1.06. The molecule has 0 bridgehead atoms. The fraction of sp³-hybridized carbons (Fsp3) is 0.125. The van der Waals surface area contributed by atoms with Crippen molar-refractivity contribution < 1.29 is 14.3 Å². The van der Waals surface area contributed by atoms with E-state index in [1.54, 1.807) is 18.2 Å². The molecular weight excluding hydrogens is 222 g/mol. The van der Waals surface area contributed by atoms with Crippen molar-refractivity contribution in [3.05, 3.63) is 18.2 Å². The molecule has 80 valence electrons. The van der Waals surface area contributed by atoms with E-state index in [1.807, 2.05) is 0 Å². The summed E-state index contributed by atoms with van der Waals surface area (Å²) in [5, 5.41) is 6.99. The molecule has 0 aliphatic carbocycles. The van der Waals surface area contributed by atoms with E-state index in [9.17, 15) is 0 Å². The monoisotopic (exact) mass is 229 g/mol. The van der Waals surface area contributed by atoms with Crippen LogP contribution in [0.2, 0.25) is 0 Å². The van der Waals surface area contributed by atoms with Crippen molar-refractivity contribution in [2.45, 2.75) is 0 Å². The summed E-state index contributed by atoms with van der Waals surface area (Å²) in [6.45, 7) is 0.191. The Bertz CT molecular complexity index is 399. The van der Waals surface area contributed by atoms with Gasteiger partial charge in [-0.05, 0) is 12.1 Å². The van der Waals surface area contributed by atoms with Gasteiger partial charge in [0.05, 0.1) is 11.8 Å². The topological polar surface area (TPSA) is 80.8 Å². The Morgan fingerprint density at radius 3 is 2.93 bits per heavy atom. The van der Waals surface area contributed by atoms with Crippen LogP contribution in [0.25, 0.3) is 0 Å². The second-order valence-electron chi connectivity index (χ2n) is 2.74. The molecular formula is C8H8ClN3O3. The Morgan fingerprint density at radius 2 is 2.20 bits per heavy atom. The molecule has 1 aliphatic heterocycles. The number of guanidine groups is 1. The lowest BCUT2D eigenvalue weighted by molar-refractivity contribution is 0.114. The summed E-state index contributed by atoms with van der Waals surface area (Å²) in [7, 11) is 0. The maximum absolute atomic E-state index is 6.99. The number of nitrogens with zero attached hydrogens (tertiary/aromatic N) is 1. The van der Waals surface area contributed by atoms with Crippen molar-refractivity contribution in [3.63, 3.8) is 0 Å². The summed E-state index contributed by atoms with van der Waals surface area (Å²) in [6.07, 6.45) is 0. The Hall–Kier alpha value is -1.82. The molecule has 7 heteroatoms. The van der Waals surface area contributed by atoms with Gasteiger partial charge in [-0.1, -0.05) is 4.58 Å². The molecule has 1 aromatic rings. The van der Waals surface area contributed by atoms with Gasteiger partial charge in [-0.25, -0.2) is 0 Å². The SMILES string of the molecule is N=C(N)N(Cl)Oc1ccc2c(c1)OCO2. The van der Waals surface area contributed by atoms with E-state index in [0.717, 1.165) is 0 Å². The lowest BCUT2D eigenvalue weighted by Crippen LogP contribution is -2.31. The highest BCUT2D eigenvalue weighted by atomic mass is 35.5. The van der Waals surface area contributed by atoms with Gasteiger partial charge in [-0.15, -0.1) is 0 Å². The highest BCUT2D eigenvalue weighted by Gasteiger charge is 2.15. The number of halogens is 1. The first-order valence-electron chi connectivity index (χ1n) is 4.04. The molecule has 0 spiro atoms. The van der Waals surface area contributed by atoms with E-state index >= 15 is 0 Å². The van der Waals surface area contributed by atoms with Gasteiger partial charge in [0.2, 0.25) is 12.8 Å². The number of hydrogen-bond acceptors (Lipinski definition) is 4. The van der Waals surface area contributed by atoms with Gasteiger partial charge in [-0.3, -0.25) is 5.41 Å². The molecule has 0 saturated carbocycles.